The summed E-state index contributed by atoms with van der Waals surface area (Å²) in [5.74, 6) is 0.752. The summed E-state index contributed by atoms with van der Waals surface area (Å²) in [6.45, 7) is 1.51. The standard InChI is InChI=1S/C15H19N5O3/c1-22-14-15(17-7-6-16-14)23-12-4-2-8-19(10-12)13(21)11-20-9-3-5-18-20/h3,5-7,9,12H,2,4,8,10-11H2,1H3. The van der Waals surface area contributed by atoms with E-state index in [4.69, 9.17) is 9.47 Å². The molecule has 0 radical (unpaired) electrons. The molecule has 3 rings (SSSR count). The molecule has 1 aliphatic rings. The molecule has 0 aromatic carbocycles. The molecule has 1 atom stereocenters. The predicted octanol–water partition coefficient (Wildman–Crippen LogP) is 0.752. The minimum Gasteiger partial charge on any atom is -0.477 e. The van der Waals surface area contributed by atoms with Gasteiger partial charge in [-0.2, -0.15) is 5.10 Å². The Labute approximate surface area is 134 Å². The molecule has 0 saturated carbocycles. The van der Waals surface area contributed by atoms with Gasteiger partial charge >= 0.3 is 0 Å². The van der Waals surface area contributed by atoms with Crippen LogP contribution in [0.25, 0.3) is 0 Å². The van der Waals surface area contributed by atoms with Gasteiger partial charge in [0.05, 0.1) is 13.7 Å². The molecule has 1 unspecified atom stereocenters. The summed E-state index contributed by atoms with van der Waals surface area (Å²) < 4.78 is 12.6. The molecular formula is C15H19N5O3. The number of carbonyl (C=O) groups excluding carboxylic acids is 1. The van der Waals surface area contributed by atoms with E-state index in [1.807, 2.05) is 0 Å². The zero-order valence-electron chi connectivity index (χ0n) is 13.0. The monoisotopic (exact) mass is 317 g/mol. The third-order valence-corrected chi connectivity index (χ3v) is 3.69. The van der Waals surface area contributed by atoms with Crippen molar-refractivity contribution < 1.29 is 14.3 Å². The van der Waals surface area contributed by atoms with Crippen molar-refractivity contribution in [1.29, 1.82) is 0 Å². The lowest BCUT2D eigenvalue weighted by molar-refractivity contribution is -0.134. The van der Waals surface area contributed by atoms with Gasteiger partial charge in [0.2, 0.25) is 5.91 Å². The molecule has 23 heavy (non-hydrogen) atoms. The number of ether oxygens (including phenoxy) is 2. The van der Waals surface area contributed by atoms with Gasteiger partial charge < -0.3 is 14.4 Å². The number of piperidine rings is 1. The Morgan fingerprint density at radius 3 is 2.87 bits per heavy atom. The molecule has 1 saturated heterocycles. The van der Waals surface area contributed by atoms with Gasteiger partial charge in [-0.1, -0.05) is 0 Å². The van der Waals surface area contributed by atoms with E-state index in [0.717, 1.165) is 19.4 Å². The number of aromatic nitrogens is 4. The van der Waals surface area contributed by atoms with Crippen LogP contribution in [0.2, 0.25) is 0 Å². The first-order valence-electron chi connectivity index (χ1n) is 7.53. The average molecular weight is 317 g/mol. The highest BCUT2D eigenvalue weighted by molar-refractivity contribution is 5.76. The highest BCUT2D eigenvalue weighted by Gasteiger charge is 2.26. The largest absolute Gasteiger partial charge is 0.477 e. The van der Waals surface area contributed by atoms with Crippen LogP contribution in [0.5, 0.6) is 11.8 Å². The number of amides is 1. The molecule has 1 fully saturated rings. The maximum Gasteiger partial charge on any atom is 0.278 e. The second kappa shape index (κ2) is 7.08. The Hall–Kier alpha value is -2.64. The maximum atomic E-state index is 12.3. The Bertz CT molecular complexity index is 646. The number of rotatable bonds is 5. The summed E-state index contributed by atoms with van der Waals surface area (Å²) in [6, 6.07) is 1.80. The number of methoxy groups -OCH3 is 1. The van der Waals surface area contributed by atoms with Crippen molar-refractivity contribution in [1.82, 2.24) is 24.6 Å². The number of hydrogen-bond donors (Lipinski definition) is 0. The van der Waals surface area contributed by atoms with E-state index in [-0.39, 0.29) is 18.6 Å². The molecule has 2 aromatic heterocycles. The molecule has 0 N–H and O–H groups in total. The summed E-state index contributed by atoms with van der Waals surface area (Å²) in [5.41, 5.74) is 0. The van der Waals surface area contributed by atoms with E-state index >= 15 is 0 Å². The molecule has 2 aromatic rings. The molecular weight excluding hydrogens is 298 g/mol. The quantitative estimate of drug-likeness (QED) is 0.809. The minimum atomic E-state index is -0.115. The maximum absolute atomic E-state index is 12.3. The Morgan fingerprint density at radius 1 is 1.30 bits per heavy atom. The topological polar surface area (TPSA) is 82.4 Å². The molecule has 0 spiro atoms. The molecule has 1 amide bonds. The first-order valence-corrected chi connectivity index (χ1v) is 7.53. The van der Waals surface area contributed by atoms with Gasteiger partial charge in [-0.15, -0.1) is 0 Å². The van der Waals surface area contributed by atoms with Crippen molar-refractivity contribution in [2.75, 3.05) is 20.2 Å². The second-order valence-corrected chi connectivity index (χ2v) is 5.30. The SMILES string of the molecule is COc1nccnc1OC1CCCN(C(=O)Cn2cccn2)C1. The zero-order chi connectivity index (χ0) is 16.1. The van der Waals surface area contributed by atoms with Gasteiger partial charge in [0.15, 0.2) is 0 Å². The van der Waals surface area contributed by atoms with Crippen LogP contribution in [0.4, 0.5) is 0 Å². The van der Waals surface area contributed by atoms with E-state index in [0.29, 0.717) is 18.3 Å². The van der Waals surface area contributed by atoms with Crippen molar-refractivity contribution in [2.24, 2.45) is 0 Å². The smallest absolute Gasteiger partial charge is 0.278 e. The lowest BCUT2D eigenvalue weighted by atomic mass is 10.1. The summed E-state index contributed by atoms with van der Waals surface area (Å²) in [7, 11) is 1.53. The number of nitrogens with zero attached hydrogens (tertiary/aromatic N) is 5. The van der Waals surface area contributed by atoms with Gasteiger partial charge in [0.25, 0.3) is 11.8 Å². The molecule has 122 valence electrons. The highest BCUT2D eigenvalue weighted by Crippen LogP contribution is 2.23. The van der Waals surface area contributed by atoms with Crippen LogP contribution in [-0.4, -0.2) is 56.9 Å². The fourth-order valence-electron chi connectivity index (χ4n) is 2.58. The van der Waals surface area contributed by atoms with Crippen molar-refractivity contribution in [3.05, 3.63) is 30.9 Å². The molecule has 3 heterocycles. The van der Waals surface area contributed by atoms with E-state index in [1.165, 1.54) is 7.11 Å². The number of carbonyl (C=O) groups is 1. The minimum absolute atomic E-state index is 0.0353. The van der Waals surface area contributed by atoms with E-state index in [9.17, 15) is 4.79 Å². The molecule has 0 bridgehead atoms. The fraction of sp³-hybridized carbons (Fsp3) is 0.467. The fourth-order valence-corrected chi connectivity index (χ4v) is 2.58. The third kappa shape index (κ3) is 3.77. The van der Waals surface area contributed by atoms with Gasteiger partial charge in [0, 0.05) is 31.3 Å². The van der Waals surface area contributed by atoms with Crippen LogP contribution in [0.1, 0.15) is 12.8 Å². The van der Waals surface area contributed by atoms with Gasteiger partial charge in [-0.25, -0.2) is 9.97 Å². The summed E-state index contributed by atoms with van der Waals surface area (Å²) in [6.07, 6.45) is 8.18. The Morgan fingerprint density at radius 2 is 2.13 bits per heavy atom. The first kappa shape index (κ1) is 15.3. The molecule has 0 aliphatic carbocycles. The van der Waals surface area contributed by atoms with Crippen LogP contribution in [-0.2, 0) is 11.3 Å². The zero-order valence-corrected chi connectivity index (χ0v) is 13.0. The highest BCUT2D eigenvalue weighted by atomic mass is 16.5. The van der Waals surface area contributed by atoms with E-state index in [2.05, 4.69) is 15.1 Å². The van der Waals surface area contributed by atoms with E-state index < -0.39 is 0 Å². The lowest BCUT2D eigenvalue weighted by Crippen LogP contribution is -2.45. The van der Waals surface area contributed by atoms with Crippen LogP contribution in [0.15, 0.2) is 30.9 Å². The van der Waals surface area contributed by atoms with Crippen LogP contribution in [0, 0.1) is 0 Å². The predicted molar refractivity (Wildman–Crippen MR) is 81.0 cm³/mol. The first-order chi connectivity index (χ1) is 11.3. The third-order valence-electron chi connectivity index (χ3n) is 3.69. The van der Waals surface area contributed by atoms with Crippen molar-refractivity contribution in [2.45, 2.75) is 25.5 Å². The summed E-state index contributed by atoms with van der Waals surface area (Å²) >= 11 is 0. The van der Waals surface area contributed by atoms with Crippen LogP contribution < -0.4 is 9.47 Å². The van der Waals surface area contributed by atoms with Crippen LogP contribution in [0.3, 0.4) is 0 Å². The van der Waals surface area contributed by atoms with E-state index in [1.54, 1.807) is 40.4 Å². The van der Waals surface area contributed by atoms with Gasteiger partial charge in [0.1, 0.15) is 12.6 Å². The van der Waals surface area contributed by atoms with Gasteiger partial charge in [-0.05, 0) is 18.9 Å². The second-order valence-electron chi connectivity index (χ2n) is 5.30. The lowest BCUT2D eigenvalue weighted by Gasteiger charge is -2.32. The van der Waals surface area contributed by atoms with Crippen molar-refractivity contribution >= 4 is 5.91 Å². The Kier molecular flexibility index (Phi) is 4.70. The molecule has 8 nitrogen and oxygen atoms in total. The normalized spacial score (nSPS) is 17.8. The van der Waals surface area contributed by atoms with Crippen molar-refractivity contribution in [3.8, 4) is 11.8 Å². The summed E-state index contributed by atoms with van der Waals surface area (Å²) in [5, 5.41) is 4.06. The Balaban J connectivity index is 1.60. The molecule has 8 heteroatoms. The number of hydrogen-bond acceptors (Lipinski definition) is 6. The molecule has 1 aliphatic heterocycles. The average Bonchev–Trinajstić information content (AvgIpc) is 3.08. The van der Waals surface area contributed by atoms with Gasteiger partial charge in [-0.3, -0.25) is 9.48 Å². The van der Waals surface area contributed by atoms with Crippen molar-refractivity contribution in [3.63, 3.8) is 0 Å². The van der Waals surface area contributed by atoms with Crippen LogP contribution >= 0.6 is 0 Å². The summed E-state index contributed by atoms with van der Waals surface area (Å²) in [4.78, 5) is 22.4. The number of likely N-dealkylation sites (tertiary alicyclic amines) is 1.